The van der Waals surface area contributed by atoms with Gasteiger partial charge in [-0.2, -0.15) is 0 Å². The van der Waals surface area contributed by atoms with E-state index < -0.39 is 0 Å². The van der Waals surface area contributed by atoms with Crippen molar-refractivity contribution in [3.63, 3.8) is 0 Å². The maximum Gasteiger partial charge on any atom is 0.243 e. The Kier molecular flexibility index (Phi) is 8.53. The zero-order valence-electron chi connectivity index (χ0n) is 18.9. The lowest BCUT2D eigenvalue weighted by atomic mass is 10.0. The normalized spacial score (nSPS) is 16.7. The number of amides is 1. The average molecular weight is 426 g/mol. The largest absolute Gasteiger partial charge is 0.469 e. The Hall–Kier alpha value is -2.80. The summed E-state index contributed by atoms with van der Waals surface area (Å²) in [5.74, 6) is 1.61. The molecule has 0 saturated carbocycles. The smallest absolute Gasteiger partial charge is 0.243 e. The van der Waals surface area contributed by atoms with Crippen LogP contribution in [0.2, 0.25) is 0 Å². The van der Waals surface area contributed by atoms with Gasteiger partial charge in [0.1, 0.15) is 12.3 Å². The van der Waals surface area contributed by atoms with Crippen molar-refractivity contribution < 1.29 is 9.21 Å². The Morgan fingerprint density at radius 3 is 2.58 bits per heavy atom. The summed E-state index contributed by atoms with van der Waals surface area (Å²) in [6, 6.07) is 15.3. The highest BCUT2D eigenvalue weighted by atomic mass is 16.3. The molecule has 168 valence electrons. The van der Waals surface area contributed by atoms with Crippen molar-refractivity contribution in [2.75, 3.05) is 40.3 Å². The molecule has 2 aromatic rings. The maximum atomic E-state index is 12.0. The third-order valence-corrected chi connectivity index (χ3v) is 5.82. The molecule has 1 aliphatic rings. The van der Waals surface area contributed by atoms with Crippen molar-refractivity contribution in [3.8, 4) is 0 Å². The second-order valence-electron chi connectivity index (χ2n) is 8.25. The van der Waals surface area contributed by atoms with Crippen LogP contribution < -0.4 is 10.6 Å². The number of furan rings is 1. The van der Waals surface area contributed by atoms with Crippen LogP contribution in [-0.2, 0) is 11.2 Å². The van der Waals surface area contributed by atoms with Gasteiger partial charge in [-0.3, -0.25) is 9.69 Å². The highest BCUT2D eigenvalue weighted by Gasteiger charge is 2.24. The summed E-state index contributed by atoms with van der Waals surface area (Å²) in [4.78, 5) is 20.6. The summed E-state index contributed by atoms with van der Waals surface area (Å²) in [5.41, 5.74) is 1.36. The lowest BCUT2D eigenvalue weighted by molar-refractivity contribution is -0.127. The summed E-state index contributed by atoms with van der Waals surface area (Å²) < 4.78 is 5.40. The first-order valence-corrected chi connectivity index (χ1v) is 11.1. The van der Waals surface area contributed by atoms with Crippen LogP contribution in [0.15, 0.2) is 58.1 Å². The number of benzene rings is 1. The molecule has 7 nitrogen and oxygen atoms in total. The van der Waals surface area contributed by atoms with Gasteiger partial charge in [-0.1, -0.05) is 30.3 Å². The predicted molar refractivity (Wildman–Crippen MR) is 124 cm³/mol. The zero-order valence-corrected chi connectivity index (χ0v) is 18.9. The van der Waals surface area contributed by atoms with Gasteiger partial charge in [-0.05, 0) is 37.5 Å². The topological polar surface area (TPSA) is 73.1 Å². The first-order chi connectivity index (χ1) is 15.0. The molecule has 1 aliphatic heterocycles. The number of likely N-dealkylation sites (tertiary alicyclic amines) is 1. The van der Waals surface area contributed by atoms with E-state index in [1.807, 2.05) is 12.1 Å². The zero-order chi connectivity index (χ0) is 22.1. The molecule has 3 rings (SSSR count). The second kappa shape index (κ2) is 11.6. The molecule has 0 bridgehead atoms. The van der Waals surface area contributed by atoms with Gasteiger partial charge in [0, 0.05) is 52.2 Å². The Balaban J connectivity index is 1.52. The number of guanidine groups is 1. The first-order valence-electron chi connectivity index (χ1n) is 11.1. The Morgan fingerprint density at radius 1 is 1.19 bits per heavy atom. The van der Waals surface area contributed by atoms with Crippen LogP contribution in [0.4, 0.5) is 0 Å². The number of aliphatic imine (C=N–C) groups is 1. The lowest BCUT2D eigenvalue weighted by Gasteiger charge is -2.37. The first kappa shape index (κ1) is 22.9. The van der Waals surface area contributed by atoms with Crippen LogP contribution in [0.25, 0.3) is 0 Å². The summed E-state index contributed by atoms with van der Waals surface area (Å²) in [7, 11) is 3.50. The van der Waals surface area contributed by atoms with Crippen LogP contribution in [0.1, 0.15) is 37.1 Å². The minimum atomic E-state index is -0.0151. The SMILES string of the molecule is CC(c1ccccc1)N1CCC(NC(=NCC(=O)N(C)C)NCCc2ccco2)CC1. The quantitative estimate of drug-likeness (QED) is 0.503. The van der Waals surface area contributed by atoms with Crippen LogP contribution in [0.3, 0.4) is 0 Å². The van der Waals surface area contributed by atoms with Crippen LogP contribution >= 0.6 is 0 Å². The van der Waals surface area contributed by atoms with Crippen molar-refractivity contribution in [1.29, 1.82) is 0 Å². The summed E-state index contributed by atoms with van der Waals surface area (Å²) >= 11 is 0. The molecule has 0 aliphatic carbocycles. The molecular weight excluding hydrogens is 390 g/mol. The van der Waals surface area contributed by atoms with Crippen molar-refractivity contribution in [2.45, 2.75) is 38.3 Å². The maximum absolute atomic E-state index is 12.0. The summed E-state index contributed by atoms with van der Waals surface area (Å²) in [6.07, 6.45) is 4.53. The van der Waals surface area contributed by atoms with Gasteiger partial charge in [-0.15, -0.1) is 0 Å². The molecule has 0 spiro atoms. The molecule has 1 aromatic heterocycles. The van der Waals surface area contributed by atoms with Crippen LogP contribution in [-0.4, -0.2) is 68.0 Å². The van der Waals surface area contributed by atoms with Gasteiger partial charge in [-0.25, -0.2) is 4.99 Å². The summed E-state index contributed by atoms with van der Waals surface area (Å²) in [6.45, 7) is 5.17. The number of piperidine rings is 1. The van der Waals surface area contributed by atoms with E-state index in [4.69, 9.17) is 4.42 Å². The number of carbonyl (C=O) groups excluding carboxylic acids is 1. The molecule has 0 radical (unpaired) electrons. The molecule has 2 heterocycles. The van der Waals surface area contributed by atoms with E-state index in [-0.39, 0.29) is 12.5 Å². The molecule has 2 N–H and O–H groups in total. The Labute approximate surface area is 185 Å². The number of hydrogen-bond acceptors (Lipinski definition) is 4. The highest BCUT2D eigenvalue weighted by molar-refractivity contribution is 5.84. The van der Waals surface area contributed by atoms with E-state index in [1.54, 1.807) is 25.3 Å². The molecule has 1 unspecified atom stereocenters. The summed E-state index contributed by atoms with van der Waals surface area (Å²) in [5, 5.41) is 6.89. The number of nitrogens with zero attached hydrogens (tertiary/aromatic N) is 3. The number of hydrogen-bond donors (Lipinski definition) is 2. The number of nitrogens with one attached hydrogen (secondary N) is 2. The third kappa shape index (κ3) is 7.14. The van der Waals surface area contributed by atoms with E-state index in [1.165, 1.54) is 5.56 Å². The minimum Gasteiger partial charge on any atom is -0.469 e. The van der Waals surface area contributed by atoms with Crippen LogP contribution in [0.5, 0.6) is 0 Å². The van der Waals surface area contributed by atoms with Gasteiger partial charge in [0.25, 0.3) is 0 Å². The van der Waals surface area contributed by atoms with E-state index in [0.29, 0.717) is 24.6 Å². The van der Waals surface area contributed by atoms with E-state index >= 15 is 0 Å². The molecule has 1 fully saturated rings. The second-order valence-corrected chi connectivity index (χ2v) is 8.25. The van der Waals surface area contributed by atoms with Gasteiger partial charge in [0.15, 0.2) is 5.96 Å². The van der Waals surface area contributed by atoms with E-state index in [0.717, 1.165) is 38.1 Å². The predicted octanol–water partition coefficient (Wildman–Crippen LogP) is 2.67. The molecule has 7 heteroatoms. The molecule has 1 amide bonds. The standard InChI is InChI=1S/C24H35N5O2/c1-19(20-8-5-4-6-9-20)29-15-12-21(13-16-29)27-24(26-18-23(30)28(2)3)25-14-11-22-10-7-17-31-22/h4-10,17,19,21H,11-16,18H2,1-3H3,(H2,25,26,27). The van der Waals surface area contributed by atoms with E-state index in [2.05, 4.69) is 57.8 Å². The minimum absolute atomic E-state index is 0.0151. The molecular formula is C24H35N5O2. The number of likely N-dealkylation sites (N-methyl/N-ethyl adjacent to an activating group) is 1. The molecule has 1 atom stereocenters. The monoisotopic (exact) mass is 425 g/mol. The lowest BCUT2D eigenvalue weighted by Crippen LogP contribution is -2.49. The fraction of sp³-hybridized carbons (Fsp3) is 0.500. The van der Waals surface area contributed by atoms with Crippen molar-refractivity contribution in [3.05, 3.63) is 60.1 Å². The van der Waals surface area contributed by atoms with Crippen molar-refractivity contribution in [2.24, 2.45) is 4.99 Å². The molecule has 31 heavy (non-hydrogen) atoms. The molecule has 1 aromatic carbocycles. The molecule has 1 saturated heterocycles. The van der Waals surface area contributed by atoms with Crippen LogP contribution in [0, 0.1) is 0 Å². The van der Waals surface area contributed by atoms with Crippen molar-refractivity contribution in [1.82, 2.24) is 20.4 Å². The fourth-order valence-electron chi connectivity index (χ4n) is 3.77. The average Bonchev–Trinajstić information content (AvgIpc) is 3.31. The fourth-order valence-corrected chi connectivity index (χ4v) is 3.77. The number of rotatable bonds is 8. The van der Waals surface area contributed by atoms with Gasteiger partial charge in [0.2, 0.25) is 5.91 Å². The number of carbonyl (C=O) groups is 1. The van der Waals surface area contributed by atoms with Gasteiger partial charge < -0.3 is 20.0 Å². The van der Waals surface area contributed by atoms with E-state index in [9.17, 15) is 4.79 Å². The van der Waals surface area contributed by atoms with Gasteiger partial charge in [0.05, 0.1) is 6.26 Å². The van der Waals surface area contributed by atoms with Crippen molar-refractivity contribution >= 4 is 11.9 Å². The Bertz CT molecular complexity index is 812. The highest BCUT2D eigenvalue weighted by Crippen LogP contribution is 2.23. The van der Waals surface area contributed by atoms with Gasteiger partial charge >= 0.3 is 0 Å². The third-order valence-electron chi connectivity index (χ3n) is 5.82. The Morgan fingerprint density at radius 2 is 1.94 bits per heavy atom.